The number of halogens is 3. The molecule has 0 bridgehead atoms. The van der Waals surface area contributed by atoms with Crippen molar-refractivity contribution in [2.75, 3.05) is 0 Å². The van der Waals surface area contributed by atoms with E-state index in [1.54, 1.807) is 31.3 Å². The fourth-order valence-electron chi connectivity index (χ4n) is 3.88. The highest BCUT2D eigenvalue weighted by atomic mass is 79.9. The third-order valence-electron chi connectivity index (χ3n) is 5.56. The SMILES string of the molecule is Cc1nc2ccc(Br)cc2c(=O)n1N=Cc1cc(Cl)c(OCc2cccc3ccccc23)c(Br)c1. The summed E-state index contributed by atoms with van der Waals surface area (Å²) in [6.45, 7) is 2.12. The van der Waals surface area contributed by atoms with Gasteiger partial charge in [-0.2, -0.15) is 9.78 Å². The Morgan fingerprint density at radius 2 is 1.83 bits per heavy atom. The van der Waals surface area contributed by atoms with Gasteiger partial charge in [0.2, 0.25) is 0 Å². The summed E-state index contributed by atoms with van der Waals surface area (Å²) < 4.78 is 8.86. The van der Waals surface area contributed by atoms with Gasteiger partial charge in [0.1, 0.15) is 12.4 Å². The van der Waals surface area contributed by atoms with Crippen molar-refractivity contribution < 1.29 is 4.74 Å². The van der Waals surface area contributed by atoms with Crippen molar-refractivity contribution in [2.45, 2.75) is 13.5 Å². The summed E-state index contributed by atoms with van der Waals surface area (Å²) in [4.78, 5) is 17.4. The second kappa shape index (κ2) is 9.93. The first kappa shape index (κ1) is 23.7. The Kier molecular flexibility index (Phi) is 6.73. The molecule has 5 rings (SSSR count). The molecule has 0 aliphatic rings. The summed E-state index contributed by atoms with van der Waals surface area (Å²) in [6.07, 6.45) is 1.57. The van der Waals surface area contributed by atoms with Crippen LogP contribution in [0.4, 0.5) is 0 Å². The van der Waals surface area contributed by atoms with Gasteiger partial charge in [-0.3, -0.25) is 4.79 Å². The number of nitrogens with zero attached hydrogens (tertiary/aromatic N) is 3. The van der Waals surface area contributed by atoms with Crippen LogP contribution in [0, 0.1) is 6.92 Å². The normalized spacial score (nSPS) is 11.5. The molecule has 0 saturated carbocycles. The lowest BCUT2D eigenvalue weighted by atomic mass is 10.1. The molecule has 0 unspecified atom stereocenters. The molecule has 0 aliphatic carbocycles. The van der Waals surface area contributed by atoms with Gasteiger partial charge in [0, 0.05) is 4.47 Å². The first-order valence-electron chi connectivity index (χ1n) is 10.7. The summed E-state index contributed by atoms with van der Waals surface area (Å²) in [5.74, 6) is 1.03. The van der Waals surface area contributed by atoms with E-state index in [4.69, 9.17) is 16.3 Å². The van der Waals surface area contributed by atoms with Crippen LogP contribution in [0.25, 0.3) is 21.7 Å². The third-order valence-corrected chi connectivity index (χ3v) is 6.93. The molecule has 0 N–H and O–H groups in total. The number of ether oxygens (including phenoxy) is 1. The Morgan fingerprint density at radius 3 is 2.66 bits per heavy atom. The highest BCUT2D eigenvalue weighted by Gasteiger charge is 2.12. The van der Waals surface area contributed by atoms with Crippen LogP contribution in [-0.4, -0.2) is 15.9 Å². The van der Waals surface area contributed by atoms with Crippen molar-refractivity contribution in [2.24, 2.45) is 5.10 Å². The average Bonchev–Trinajstić information content (AvgIpc) is 2.84. The maximum absolute atomic E-state index is 13.0. The van der Waals surface area contributed by atoms with Crippen LogP contribution in [0.15, 0.2) is 91.6 Å². The van der Waals surface area contributed by atoms with Crippen molar-refractivity contribution in [3.8, 4) is 5.75 Å². The van der Waals surface area contributed by atoms with Crippen LogP contribution in [0.2, 0.25) is 5.02 Å². The van der Waals surface area contributed by atoms with Crippen LogP contribution in [0.5, 0.6) is 5.75 Å². The Labute approximate surface area is 223 Å². The zero-order chi connectivity index (χ0) is 24.5. The molecule has 0 aliphatic heterocycles. The predicted octanol–water partition coefficient (Wildman–Crippen LogP) is 7.50. The molecular weight excluding hydrogens is 594 g/mol. The smallest absolute Gasteiger partial charge is 0.282 e. The molecule has 1 heterocycles. The second-order valence-corrected chi connectivity index (χ2v) is 10.1. The molecule has 0 spiro atoms. The van der Waals surface area contributed by atoms with E-state index in [-0.39, 0.29) is 5.56 Å². The summed E-state index contributed by atoms with van der Waals surface area (Å²) >= 11 is 13.5. The molecule has 5 nitrogen and oxygen atoms in total. The quantitative estimate of drug-likeness (QED) is 0.194. The fraction of sp³-hybridized carbons (Fsp3) is 0.0741. The maximum atomic E-state index is 13.0. The predicted molar refractivity (Wildman–Crippen MR) is 149 cm³/mol. The third kappa shape index (κ3) is 4.89. The summed E-state index contributed by atoms with van der Waals surface area (Å²) in [7, 11) is 0. The van der Waals surface area contributed by atoms with E-state index >= 15 is 0 Å². The number of rotatable bonds is 5. The minimum atomic E-state index is -0.245. The zero-order valence-corrected chi connectivity index (χ0v) is 22.4. The van der Waals surface area contributed by atoms with Gasteiger partial charge in [-0.1, -0.05) is 70.0 Å². The van der Waals surface area contributed by atoms with E-state index in [0.29, 0.717) is 44.1 Å². The van der Waals surface area contributed by atoms with Crippen LogP contribution in [-0.2, 0) is 6.61 Å². The van der Waals surface area contributed by atoms with Crippen molar-refractivity contribution in [3.63, 3.8) is 0 Å². The second-order valence-electron chi connectivity index (χ2n) is 7.92. The van der Waals surface area contributed by atoms with Gasteiger partial charge >= 0.3 is 0 Å². The Balaban J connectivity index is 1.42. The molecule has 0 radical (unpaired) electrons. The van der Waals surface area contributed by atoms with Crippen LogP contribution in [0.1, 0.15) is 17.0 Å². The van der Waals surface area contributed by atoms with E-state index in [1.807, 2.05) is 36.4 Å². The van der Waals surface area contributed by atoms with Gasteiger partial charge in [-0.25, -0.2) is 4.98 Å². The van der Waals surface area contributed by atoms with Gasteiger partial charge < -0.3 is 4.74 Å². The number of hydrogen-bond donors (Lipinski definition) is 0. The molecular formula is C27H18Br2ClN3O2. The van der Waals surface area contributed by atoms with E-state index in [0.717, 1.165) is 20.8 Å². The van der Waals surface area contributed by atoms with E-state index in [1.165, 1.54) is 4.68 Å². The first-order chi connectivity index (χ1) is 16.9. The highest BCUT2D eigenvalue weighted by molar-refractivity contribution is 9.10. The lowest BCUT2D eigenvalue weighted by Crippen LogP contribution is -2.20. The van der Waals surface area contributed by atoms with Crippen LogP contribution >= 0.6 is 43.5 Å². The fourth-order valence-corrected chi connectivity index (χ4v) is 5.23. The number of fused-ring (bicyclic) bond motifs is 2. The number of aryl methyl sites for hydroxylation is 1. The van der Waals surface area contributed by atoms with Crippen molar-refractivity contribution in [3.05, 3.63) is 114 Å². The van der Waals surface area contributed by atoms with Crippen molar-refractivity contribution >= 4 is 71.4 Å². The lowest BCUT2D eigenvalue weighted by molar-refractivity contribution is 0.306. The summed E-state index contributed by atoms with van der Waals surface area (Å²) in [5, 5.41) is 7.60. The Bertz CT molecular complexity index is 1650. The van der Waals surface area contributed by atoms with E-state index in [2.05, 4.69) is 60.1 Å². The van der Waals surface area contributed by atoms with Crippen LogP contribution in [0.3, 0.4) is 0 Å². The minimum absolute atomic E-state index is 0.245. The van der Waals surface area contributed by atoms with Gasteiger partial charge in [0.25, 0.3) is 5.56 Å². The molecule has 1 aromatic heterocycles. The van der Waals surface area contributed by atoms with Crippen molar-refractivity contribution in [1.29, 1.82) is 0 Å². The summed E-state index contributed by atoms with van der Waals surface area (Å²) in [6, 6.07) is 23.3. The molecule has 0 fully saturated rings. The highest BCUT2D eigenvalue weighted by Crippen LogP contribution is 2.35. The maximum Gasteiger partial charge on any atom is 0.282 e. The zero-order valence-electron chi connectivity index (χ0n) is 18.5. The van der Waals surface area contributed by atoms with Gasteiger partial charge in [-0.15, -0.1) is 0 Å². The molecule has 0 amide bonds. The van der Waals surface area contributed by atoms with E-state index in [9.17, 15) is 4.79 Å². The number of benzene rings is 4. The Hall–Kier alpha value is -3.00. The topological polar surface area (TPSA) is 56.5 Å². The molecule has 8 heteroatoms. The molecule has 0 atom stereocenters. The monoisotopic (exact) mass is 609 g/mol. The lowest BCUT2D eigenvalue weighted by Gasteiger charge is -2.13. The Morgan fingerprint density at radius 1 is 1.03 bits per heavy atom. The van der Waals surface area contributed by atoms with Crippen molar-refractivity contribution in [1.82, 2.24) is 9.66 Å². The largest absolute Gasteiger partial charge is 0.486 e. The number of hydrogen-bond acceptors (Lipinski definition) is 4. The number of aromatic nitrogens is 2. The molecule has 35 heavy (non-hydrogen) atoms. The average molecular weight is 612 g/mol. The van der Waals surface area contributed by atoms with E-state index < -0.39 is 0 Å². The molecule has 4 aromatic carbocycles. The minimum Gasteiger partial charge on any atom is -0.486 e. The molecule has 174 valence electrons. The van der Waals surface area contributed by atoms with Gasteiger partial charge in [0.15, 0.2) is 5.75 Å². The molecule has 5 aromatic rings. The summed E-state index contributed by atoms with van der Waals surface area (Å²) in [5.41, 5.74) is 2.16. The standard InChI is InChI=1S/C27H18Br2ClN3O2/c1-16-32-25-10-9-20(28)13-22(25)27(34)33(16)31-14-17-11-23(29)26(24(30)12-17)35-15-19-7-4-6-18-5-2-3-8-21(18)19/h2-14H,15H2,1H3. The van der Waals surface area contributed by atoms with Gasteiger partial charge in [-0.05, 0) is 75.1 Å². The molecule has 0 saturated heterocycles. The van der Waals surface area contributed by atoms with Crippen LogP contribution < -0.4 is 10.3 Å². The first-order valence-corrected chi connectivity index (χ1v) is 12.7. The van der Waals surface area contributed by atoms with Gasteiger partial charge in [0.05, 0.1) is 26.6 Å².